The molecule has 1 unspecified atom stereocenters. The van der Waals surface area contributed by atoms with Gasteiger partial charge in [-0.15, -0.1) is 0 Å². The zero-order valence-corrected chi connectivity index (χ0v) is 19.6. The van der Waals surface area contributed by atoms with E-state index in [0.29, 0.717) is 23.1 Å². The number of para-hydroxylation sites is 1. The molecule has 162 valence electrons. The highest BCUT2D eigenvalue weighted by Gasteiger charge is 2.63. The normalized spacial score (nSPS) is 21.3. The lowest BCUT2D eigenvalue weighted by molar-refractivity contribution is -0.131. The van der Waals surface area contributed by atoms with E-state index in [2.05, 4.69) is 55.2 Å². The second-order valence-electron chi connectivity index (χ2n) is 8.92. The number of benzene rings is 3. The number of anilines is 1. The molecule has 0 aliphatic carbocycles. The van der Waals surface area contributed by atoms with Crippen molar-refractivity contribution in [1.29, 1.82) is 0 Å². The zero-order chi connectivity index (χ0) is 22.5. The van der Waals surface area contributed by atoms with Crippen LogP contribution in [0.15, 0.2) is 78.9 Å². The number of fused-ring (bicyclic) bond motifs is 3. The predicted molar refractivity (Wildman–Crippen MR) is 132 cm³/mol. The Kier molecular flexibility index (Phi) is 5.07. The second kappa shape index (κ2) is 7.68. The van der Waals surface area contributed by atoms with Crippen LogP contribution < -0.4 is 4.90 Å². The summed E-state index contributed by atoms with van der Waals surface area (Å²) in [4.78, 5) is 17.7. The number of carbonyl (C=O) groups is 1. The highest BCUT2D eigenvalue weighted by atomic mass is 35.5. The fraction of sp³-hybridized carbons (Fsp3) is 0.222. The molecule has 0 bridgehead atoms. The van der Waals surface area contributed by atoms with Gasteiger partial charge in [0.15, 0.2) is 0 Å². The molecule has 1 fully saturated rings. The van der Waals surface area contributed by atoms with Crippen molar-refractivity contribution in [3.8, 4) is 0 Å². The van der Waals surface area contributed by atoms with Gasteiger partial charge in [0, 0.05) is 27.7 Å². The Hall–Kier alpha value is -2.75. The van der Waals surface area contributed by atoms with Gasteiger partial charge in [-0.05, 0) is 41.0 Å². The Morgan fingerprint density at radius 3 is 2.44 bits per heavy atom. The molecule has 5 rings (SSSR count). The molecular weight excluding hydrogens is 439 g/mol. The van der Waals surface area contributed by atoms with Gasteiger partial charge in [0.25, 0.3) is 0 Å². The topological polar surface area (TPSA) is 23.6 Å². The van der Waals surface area contributed by atoms with Crippen LogP contribution in [0.1, 0.15) is 30.5 Å². The van der Waals surface area contributed by atoms with E-state index in [0.717, 1.165) is 16.8 Å². The minimum Gasteiger partial charge on any atom is -0.335 e. The molecule has 0 spiro atoms. The van der Waals surface area contributed by atoms with Crippen LogP contribution in [0, 0.1) is 0 Å². The van der Waals surface area contributed by atoms with Crippen LogP contribution in [0.4, 0.5) is 5.69 Å². The maximum Gasteiger partial charge on any atom is 0.244 e. The molecule has 0 aromatic heterocycles. The molecule has 1 amide bonds. The molecule has 2 aliphatic rings. The molecule has 3 nitrogen and oxygen atoms in total. The second-order valence-corrected chi connectivity index (χ2v) is 9.76. The summed E-state index contributed by atoms with van der Waals surface area (Å²) < 4.78 is 0. The first-order chi connectivity index (χ1) is 15.3. The first-order valence-corrected chi connectivity index (χ1v) is 11.5. The summed E-state index contributed by atoms with van der Waals surface area (Å²) in [6.07, 6.45) is 4.17. The molecular formula is C27H24Cl2N2O. The largest absolute Gasteiger partial charge is 0.335 e. The van der Waals surface area contributed by atoms with Gasteiger partial charge in [-0.3, -0.25) is 4.79 Å². The number of carbonyl (C=O) groups excluding carboxylic acids is 1. The van der Waals surface area contributed by atoms with E-state index in [1.165, 1.54) is 5.56 Å². The van der Waals surface area contributed by atoms with Crippen LogP contribution >= 0.6 is 23.2 Å². The fourth-order valence-electron chi connectivity index (χ4n) is 5.26. The summed E-state index contributed by atoms with van der Waals surface area (Å²) in [6.45, 7) is 5.31. The summed E-state index contributed by atoms with van der Waals surface area (Å²) in [7, 11) is 0. The maximum atomic E-state index is 13.4. The number of halogens is 2. The molecule has 2 aliphatic heterocycles. The van der Waals surface area contributed by atoms with Crippen LogP contribution in [0.5, 0.6) is 0 Å². The smallest absolute Gasteiger partial charge is 0.244 e. The number of amides is 1. The van der Waals surface area contributed by atoms with Crippen molar-refractivity contribution in [3.63, 3.8) is 0 Å². The quantitative estimate of drug-likeness (QED) is 0.439. The molecule has 5 heteroatoms. The van der Waals surface area contributed by atoms with Crippen molar-refractivity contribution < 1.29 is 4.79 Å². The standard InChI is InChI=1S/C27H24Cl2N2O/c1-26(2)22-10-6-7-11-24(22)30-18-25(32)31(17-19-8-4-3-5-9-19)27(26,30)15-14-20-12-13-21(28)16-23(20)29/h3-16H,17-18H2,1-2H3/b15-14+. The molecule has 0 radical (unpaired) electrons. The van der Waals surface area contributed by atoms with Crippen molar-refractivity contribution in [2.75, 3.05) is 11.4 Å². The molecule has 0 saturated carbocycles. The first-order valence-electron chi connectivity index (χ1n) is 10.7. The highest BCUT2D eigenvalue weighted by molar-refractivity contribution is 6.35. The molecule has 3 aromatic carbocycles. The fourth-order valence-corrected chi connectivity index (χ4v) is 5.73. The van der Waals surface area contributed by atoms with Gasteiger partial charge in [-0.2, -0.15) is 0 Å². The Morgan fingerprint density at radius 2 is 1.69 bits per heavy atom. The molecule has 32 heavy (non-hydrogen) atoms. The van der Waals surface area contributed by atoms with Gasteiger partial charge in [0.05, 0.1) is 6.54 Å². The predicted octanol–water partition coefficient (Wildman–Crippen LogP) is 6.54. The number of nitrogens with zero attached hydrogens (tertiary/aromatic N) is 2. The number of hydrogen-bond donors (Lipinski definition) is 0. The summed E-state index contributed by atoms with van der Waals surface area (Å²) in [6, 6.07) is 24.0. The van der Waals surface area contributed by atoms with E-state index in [1.54, 1.807) is 6.07 Å². The SMILES string of the molecule is CC1(C)c2ccccc2N2CC(=O)N(Cc3ccccc3)C21/C=C/c1ccc(Cl)cc1Cl. The highest BCUT2D eigenvalue weighted by Crippen LogP contribution is 2.56. The van der Waals surface area contributed by atoms with Crippen molar-refractivity contribution in [3.05, 3.63) is 106 Å². The van der Waals surface area contributed by atoms with Crippen LogP contribution in [-0.4, -0.2) is 23.0 Å². The van der Waals surface area contributed by atoms with Crippen LogP contribution in [0.2, 0.25) is 10.0 Å². The lowest BCUT2D eigenvalue weighted by atomic mass is 9.74. The van der Waals surface area contributed by atoms with Crippen LogP contribution in [0.3, 0.4) is 0 Å². The van der Waals surface area contributed by atoms with Crippen molar-refractivity contribution >= 4 is 40.9 Å². The van der Waals surface area contributed by atoms with Gasteiger partial charge < -0.3 is 9.80 Å². The van der Waals surface area contributed by atoms with Crippen LogP contribution in [0.25, 0.3) is 6.08 Å². The minimum absolute atomic E-state index is 0.114. The maximum absolute atomic E-state index is 13.4. The van der Waals surface area contributed by atoms with Crippen molar-refractivity contribution in [1.82, 2.24) is 4.90 Å². The Balaban J connectivity index is 1.68. The minimum atomic E-state index is -0.660. The lowest BCUT2D eigenvalue weighted by Crippen LogP contribution is -2.60. The average Bonchev–Trinajstić information content (AvgIpc) is 3.16. The van der Waals surface area contributed by atoms with Crippen molar-refractivity contribution in [2.24, 2.45) is 0 Å². The Labute approximate surface area is 198 Å². The number of rotatable bonds is 4. The lowest BCUT2D eigenvalue weighted by Gasteiger charge is -2.46. The molecule has 2 heterocycles. The molecule has 0 N–H and O–H groups in total. The van der Waals surface area contributed by atoms with Gasteiger partial charge >= 0.3 is 0 Å². The first kappa shape index (κ1) is 21.1. The van der Waals surface area contributed by atoms with E-state index >= 15 is 0 Å². The van der Waals surface area contributed by atoms with E-state index in [-0.39, 0.29) is 11.3 Å². The van der Waals surface area contributed by atoms with Gasteiger partial charge in [-0.25, -0.2) is 0 Å². The van der Waals surface area contributed by atoms with E-state index in [4.69, 9.17) is 23.2 Å². The third-order valence-electron chi connectivity index (χ3n) is 6.85. The Morgan fingerprint density at radius 1 is 0.969 bits per heavy atom. The van der Waals surface area contributed by atoms with Gasteiger partial charge in [0.2, 0.25) is 5.91 Å². The zero-order valence-electron chi connectivity index (χ0n) is 18.1. The summed E-state index contributed by atoms with van der Waals surface area (Å²) in [5, 5.41) is 1.19. The molecule has 1 atom stereocenters. The van der Waals surface area contributed by atoms with Crippen LogP contribution in [-0.2, 0) is 16.8 Å². The summed E-state index contributed by atoms with van der Waals surface area (Å²) >= 11 is 12.6. The van der Waals surface area contributed by atoms with Gasteiger partial charge in [-0.1, -0.05) is 97.7 Å². The molecule has 3 aromatic rings. The third kappa shape index (κ3) is 3.07. The van der Waals surface area contributed by atoms with Gasteiger partial charge in [0.1, 0.15) is 5.66 Å². The number of hydrogen-bond acceptors (Lipinski definition) is 2. The monoisotopic (exact) mass is 462 g/mol. The van der Waals surface area contributed by atoms with E-state index in [9.17, 15) is 4.79 Å². The average molecular weight is 463 g/mol. The summed E-state index contributed by atoms with van der Waals surface area (Å²) in [5.41, 5.74) is 3.31. The third-order valence-corrected chi connectivity index (χ3v) is 7.41. The van der Waals surface area contributed by atoms with Crippen molar-refractivity contribution in [2.45, 2.75) is 31.5 Å². The Bertz CT molecular complexity index is 1220. The van der Waals surface area contributed by atoms with E-state index in [1.807, 2.05) is 47.4 Å². The summed E-state index contributed by atoms with van der Waals surface area (Å²) in [5.74, 6) is 0.114. The van der Waals surface area contributed by atoms with E-state index < -0.39 is 5.66 Å². The molecule has 1 saturated heterocycles.